The monoisotopic (exact) mass is 346 g/mol. The fourth-order valence-corrected chi connectivity index (χ4v) is 3.16. The van der Waals surface area contributed by atoms with Gasteiger partial charge in [0.05, 0.1) is 11.3 Å². The van der Waals surface area contributed by atoms with Gasteiger partial charge in [0.15, 0.2) is 0 Å². The van der Waals surface area contributed by atoms with E-state index in [0.717, 1.165) is 33.9 Å². The number of rotatable bonds is 4. The summed E-state index contributed by atoms with van der Waals surface area (Å²) in [6.45, 7) is 8.12. The van der Waals surface area contributed by atoms with E-state index in [9.17, 15) is 4.79 Å². The van der Waals surface area contributed by atoms with Crippen molar-refractivity contribution in [2.75, 3.05) is 0 Å². The first-order valence-electron chi connectivity index (χ1n) is 8.51. The second kappa shape index (κ2) is 7.00. The van der Waals surface area contributed by atoms with Crippen LogP contribution < -0.4 is 0 Å². The largest absolute Gasteiger partial charge is 0.478 e. The highest BCUT2D eigenvalue weighted by molar-refractivity contribution is 5.89. The molecule has 0 amide bonds. The average molecular weight is 346 g/mol. The first-order valence-corrected chi connectivity index (χ1v) is 8.51. The SMILES string of the molecule is Cc1cccc(-n2c(C)cc(C=Nc3ccc(C(=O)O)cc3C)c2C)c1. The lowest BCUT2D eigenvalue weighted by molar-refractivity contribution is 0.0697. The van der Waals surface area contributed by atoms with Crippen LogP contribution in [0.1, 0.15) is 38.4 Å². The second-order valence-electron chi connectivity index (χ2n) is 6.57. The van der Waals surface area contributed by atoms with E-state index in [0.29, 0.717) is 0 Å². The molecule has 1 N–H and O–H groups in total. The van der Waals surface area contributed by atoms with Crippen LogP contribution in [0.3, 0.4) is 0 Å². The molecule has 3 rings (SSSR count). The van der Waals surface area contributed by atoms with Crippen LogP contribution in [-0.4, -0.2) is 21.9 Å². The molecule has 0 aliphatic heterocycles. The van der Waals surface area contributed by atoms with E-state index in [2.05, 4.69) is 60.7 Å². The highest BCUT2D eigenvalue weighted by Gasteiger charge is 2.10. The van der Waals surface area contributed by atoms with Crippen molar-refractivity contribution in [2.24, 2.45) is 4.99 Å². The van der Waals surface area contributed by atoms with Gasteiger partial charge < -0.3 is 9.67 Å². The van der Waals surface area contributed by atoms with Crippen molar-refractivity contribution in [3.63, 3.8) is 0 Å². The molecule has 26 heavy (non-hydrogen) atoms. The molecule has 1 heterocycles. The number of carbonyl (C=O) groups is 1. The van der Waals surface area contributed by atoms with E-state index in [4.69, 9.17) is 5.11 Å². The number of aromatic nitrogens is 1. The van der Waals surface area contributed by atoms with Crippen molar-refractivity contribution in [3.8, 4) is 5.69 Å². The van der Waals surface area contributed by atoms with Crippen LogP contribution in [0.5, 0.6) is 0 Å². The summed E-state index contributed by atoms with van der Waals surface area (Å²) in [6.07, 6.45) is 1.84. The first-order chi connectivity index (χ1) is 12.4. The van der Waals surface area contributed by atoms with E-state index in [1.54, 1.807) is 18.2 Å². The standard InChI is InChI=1S/C22H22N2O2/c1-14-6-5-7-20(10-14)24-16(3)12-19(17(24)4)13-23-21-9-8-18(22(25)26)11-15(21)2/h5-13H,1-4H3,(H,25,26). The van der Waals surface area contributed by atoms with Gasteiger partial charge in [-0.3, -0.25) is 4.99 Å². The quantitative estimate of drug-likeness (QED) is 0.663. The fourth-order valence-electron chi connectivity index (χ4n) is 3.16. The Morgan fingerprint density at radius 2 is 1.81 bits per heavy atom. The Morgan fingerprint density at radius 3 is 2.46 bits per heavy atom. The minimum absolute atomic E-state index is 0.277. The van der Waals surface area contributed by atoms with Crippen LogP contribution in [-0.2, 0) is 0 Å². The van der Waals surface area contributed by atoms with Crippen molar-refractivity contribution < 1.29 is 9.90 Å². The summed E-state index contributed by atoms with van der Waals surface area (Å²) >= 11 is 0. The summed E-state index contributed by atoms with van der Waals surface area (Å²) in [7, 11) is 0. The van der Waals surface area contributed by atoms with Gasteiger partial charge in [0.25, 0.3) is 0 Å². The molecule has 4 heteroatoms. The van der Waals surface area contributed by atoms with E-state index in [1.807, 2.05) is 13.1 Å². The zero-order chi connectivity index (χ0) is 18.8. The van der Waals surface area contributed by atoms with Gasteiger partial charge in [0.1, 0.15) is 0 Å². The summed E-state index contributed by atoms with van der Waals surface area (Å²) in [4.78, 5) is 15.6. The van der Waals surface area contributed by atoms with Gasteiger partial charge in [-0.25, -0.2) is 4.79 Å². The number of aryl methyl sites for hydroxylation is 3. The number of nitrogens with zero attached hydrogens (tertiary/aromatic N) is 2. The molecule has 0 atom stereocenters. The maximum Gasteiger partial charge on any atom is 0.335 e. The van der Waals surface area contributed by atoms with Crippen molar-refractivity contribution in [1.29, 1.82) is 0 Å². The molecule has 1 aromatic heterocycles. The molecule has 0 aliphatic rings. The Balaban J connectivity index is 1.95. The van der Waals surface area contributed by atoms with Crippen LogP contribution in [0, 0.1) is 27.7 Å². The summed E-state index contributed by atoms with van der Waals surface area (Å²) in [6, 6.07) is 15.5. The van der Waals surface area contributed by atoms with Crippen LogP contribution in [0.15, 0.2) is 53.5 Å². The maximum absolute atomic E-state index is 11.0. The lowest BCUT2D eigenvalue weighted by Gasteiger charge is -2.10. The fraction of sp³-hybridized carbons (Fsp3) is 0.182. The van der Waals surface area contributed by atoms with Crippen molar-refractivity contribution in [1.82, 2.24) is 4.57 Å². The van der Waals surface area contributed by atoms with Gasteiger partial charge in [-0.15, -0.1) is 0 Å². The zero-order valence-corrected chi connectivity index (χ0v) is 15.4. The highest BCUT2D eigenvalue weighted by atomic mass is 16.4. The van der Waals surface area contributed by atoms with Gasteiger partial charge in [0, 0.05) is 28.9 Å². The minimum Gasteiger partial charge on any atom is -0.478 e. The molecule has 2 aromatic carbocycles. The van der Waals surface area contributed by atoms with E-state index >= 15 is 0 Å². The number of aliphatic imine (C=N–C) groups is 1. The van der Waals surface area contributed by atoms with Gasteiger partial charge in [-0.2, -0.15) is 0 Å². The van der Waals surface area contributed by atoms with Crippen LogP contribution in [0.2, 0.25) is 0 Å². The molecule has 0 saturated heterocycles. The molecule has 0 fully saturated rings. The third-order valence-electron chi connectivity index (χ3n) is 4.52. The summed E-state index contributed by atoms with van der Waals surface area (Å²) < 4.78 is 2.22. The smallest absolute Gasteiger partial charge is 0.335 e. The Bertz CT molecular complexity index is 1010. The van der Waals surface area contributed by atoms with Crippen molar-refractivity contribution in [3.05, 3.63) is 82.2 Å². The molecule has 0 bridgehead atoms. The number of carboxylic acid groups (broad SMARTS) is 1. The van der Waals surface area contributed by atoms with Gasteiger partial charge in [0.2, 0.25) is 0 Å². The molecule has 132 valence electrons. The minimum atomic E-state index is -0.926. The molecule has 4 nitrogen and oxygen atoms in total. The van der Waals surface area contributed by atoms with Crippen molar-refractivity contribution in [2.45, 2.75) is 27.7 Å². The van der Waals surface area contributed by atoms with Gasteiger partial charge >= 0.3 is 5.97 Å². The maximum atomic E-state index is 11.0. The third kappa shape index (κ3) is 3.45. The number of carboxylic acids is 1. The highest BCUT2D eigenvalue weighted by Crippen LogP contribution is 2.23. The van der Waals surface area contributed by atoms with Gasteiger partial charge in [-0.1, -0.05) is 12.1 Å². The molecule has 0 spiro atoms. The topological polar surface area (TPSA) is 54.6 Å². The van der Waals surface area contributed by atoms with E-state index < -0.39 is 5.97 Å². The van der Waals surface area contributed by atoms with Crippen LogP contribution in [0.4, 0.5) is 5.69 Å². The van der Waals surface area contributed by atoms with Crippen LogP contribution >= 0.6 is 0 Å². The Kier molecular flexibility index (Phi) is 4.76. The molecule has 3 aromatic rings. The lowest BCUT2D eigenvalue weighted by Crippen LogP contribution is -1.99. The molecular weight excluding hydrogens is 324 g/mol. The van der Waals surface area contributed by atoms with E-state index in [-0.39, 0.29) is 5.56 Å². The predicted molar refractivity (Wildman–Crippen MR) is 105 cm³/mol. The van der Waals surface area contributed by atoms with Gasteiger partial charge in [-0.05, 0) is 75.2 Å². The second-order valence-corrected chi connectivity index (χ2v) is 6.57. The third-order valence-corrected chi connectivity index (χ3v) is 4.52. The van der Waals surface area contributed by atoms with E-state index in [1.165, 1.54) is 5.56 Å². The predicted octanol–water partition coefficient (Wildman–Crippen LogP) is 5.16. The molecule has 0 saturated carbocycles. The lowest BCUT2D eigenvalue weighted by atomic mass is 10.1. The molecule has 0 aliphatic carbocycles. The molecule has 0 unspecified atom stereocenters. The number of benzene rings is 2. The Hall–Kier alpha value is -3.14. The zero-order valence-electron chi connectivity index (χ0n) is 15.4. The molecular formula is C22H22N2O2. The number of aromatic carboxylic acids is 1. The Labute approximate surface area is 153 Å². The summed E-state index contributed by atoms with van der Waals surface area (Å²) in [5.41, 5.74) is 7.57. The summed E-state index contributed by atoms with van der Waals surface area (Å²) in [5.74, 6) is -0.926. The first kappa shape index (κ1) is 17.7. The summed E-state index contributed by atoms with van der Waals surface area (Å²) in [5, 5.41) is 9.06. The number of hydrogen-bond acceptors (Lipinski definition) is 2. The average Bonchev–Trinajstić information content (AvgIpc) is 2.87. The Morgan fingerprint density at radius 1 is 1.04 bits per heavy atom. The molecule has 0 radical (unpaired) electrons. The van der Waals surface area contributed by atoms with Crippen LogP contribution in [0.25, 0.3) is 5.69 Å². The number of hydrogen-bond donors (Lipinski definition) is 1. The normalized spacial score (nSPS) is 11.2. The van der Waals surface area contributed by atoms with Crippen molar-refractivity contribution >= 4 is 17.9 Å².